The molecule has 0 aromatic carbocycles. The number of carbonyl (C=O) groups excluding carboxylic acids is 1. The first-order valence-corrected chi connectivity index (χ1v) is 7.98. The fourth-order valence-electron chi connectivity index (χ4n) is 2.55. The SMILES string of the molecule is CN(C)CC[C@@H]1CCCCN1C(=O)c1ccc(Cl)s1. The number of carbonyl (C=O) groups is 1. The van der Waals surface area contributed by atoms with Gasteiger partial charge in [-0.1, -0.05) is 11.6 Å². The molecular weight excluding hydrogens is 280 g/mol. The van der Waals surface area contributed by atoms with Gasteiger partial charge in [-0.05, 0) is 58.5 Å². The molecule has 0 saturated carbocycles. The molecular formula is C14H21ClN2OS. The van der Waals surface area contributed by atoms with Crippen LogP contribution in [0.3, 0.4) is 0 Å². The maximum Gasteiger partial charge on any atom is 0.264 e. The summed E-state index contributed by atoms with van der Waals surface area (Å²) in [5.41, 5.74) is 0. The van der Waals surface area contributed by atoms with Crippen molar-refractivity contribution in [3.8, 4) is 0 Å². The predicted molar refractivity (Wildman–Crippen MR) is 81.2 cm³/mol. The summed E-state index contributed by atoms with van der Waals surface area (Å²) in [7, 11) is 4.15. The van der Waals surface area contributed by atoms with Crippen molar-refractivity contribution < 1.29 is 4.79 Å². The molecule has 1 aliphatic rings. The summed E-state index contributed by atoms with van der Waals surface area (Å²) < 4.78 is 0.685. The third-order valence-corrected chi connectivity index (χ3v) is 4.80. The van der Waals surface area contributed by atoms with Crippen molar-refractivity contribution >= 4 is 28.8 Å². The first-order valence-electron chi connectivity index (χ1n) is 6.79. The molecule has 106 valence electrons. The van der Waals surface area contributed by atoms with Crippen LogP contribution in [0.4, 0.5) is 0 Å². The zero-order valence-corrected chi connectivity index (χ0v) is 13.1. The largest absolute Gasteiger partial charge is 0.335 e. The van der Waals surface area contributed by atoms with Crippen LogP contribution in [0.15, 0.2) is 12.1 Å². The topological polar surface area (TPSA) is 23.6 Å². The highest BCUT2D eigenvalue weighted by Gasteiger charge is 2.27. The molecule has 1 aromatic rings. The Kier molecular flexibility index (Phi) is 5.25. The second-order valence-electron chi connectivity index (χ2n) is 5.34. The van der Waals surface area contributed by atoms with Gasteiger partial charge in [0, 0.05) is 12.6 Å². The van der Waals surface area contributed by atoms with Crippen LogP contribution in [-0.4, -0.2) is 48.9 Å². The quantitative estimate of drug-likeness (QED) is 0.851. The Labute approximate surface area is 124 Å². The van der Waals surface area contributed by atoms with Gasteiger partial charge in [0.25, 0.3) is 5.91 Å². The smallest absolute Gasteiger partial charge is 0.264 e. The first kappa shape index (κ1) is 14.8. The number of nitrogens with zero attached hydrogens (tertiary/aromatic N) is 2. The molecule has 0 spiro atoms. The molecule has 1 fully saturated rings. The van der Waals surface area contributed by atoms with E-state index in [9.17, 15) is 4.79 Å². The molecule has 1 aromatic heterocycles. The van der Waals surface area contributed by atoms with Gasteiger partial charge in [-0.2, -0.15) is 0 Å². The lowest BCUT2D eigenvalue weighted by Gasteiger charge is -2.36. The van der Waals surface area contributed by atoms with E-state index in [4.69, 9.17) is 11.6 Å². The number of hydrogen-bond acceptors (Lipinski definition) is 3. The highest BCUT2D eigenvalue weighted by molar-refractivity contribution is 7.17. The number of halogens is 1. The molecule has 2 heterocycles. The van der Waals surface area contributed by atoms with Gasteiger partial charge in [0.1, 0.15) is 0 Å². The van der Waals surface area contributed by atoms with Gasteiger partial charge in [0.15, 0.2) is 0 Å². The van der Waals surface area contributed by atoms with Crippen molar-refractivity contribution in [2.45, 2.75) is 31.7 Å². The van der Waals surface area contributed by atoms with Crippen LogP contribution in [0, 0.1) is 0 Å². The van der Waals surface area contributed by atoms with Crippen molar-refractivity contribution in [2.24, 2.45) is 0 Å². The van der Waals surface area contributed by atoms with E-state index in [1.165, 1.54) is 17.8 Å². The molecule has 1 amide bonds. The minimum atomic E-state index is 0.153. The van der Waals surface area contributed by atoms with E-state index in [1.54, 1.807) is 6.07 Å². The normalized spacial score (nSPS) is 20.0. The van der Waals surface area contributed by atoms with E-state index in [0.717, 1.165) is 37.2 Å². The highest BCUT2D eigenvalue weighted by Crippen LogP contribution is 2.27. The third-order valence-electron chi connectivity index (χ3n) is 3.58. The van der Waals surface area contributed by atoms with Gasteiger partial charge in [0.2, 0.25) is 0 Å². The van der Waals surface area contributed by atoms with E-state index >= 15 is 0 Å². The van der Waals surface area contributed by atoms with Gasteiger partial charge in [0.05, 0.1) is 9.21 Å². The summed E-state index contributed by atoms with van der Waals surface area (Å²) in [5, 5.41) is 0. The Bertz CT molecular complexity index is 433. The zero-order valence-electron chi connectivity index (χ0n) is 11.6. The molecule has 19 heavy (non-hydrogen) atoms. The van der Waals surface area contributed by atoms with Crippen LogP contribution in [0.5, 0.6) is 0 Å². The second-order valence-corrected chi connectivity index (χ2v) is 7.06. The Hall–Kier alpha value is -0.580. The highest BCUT2D eigenvalue weighted by atomic mass is 35.5. The van der Waals surface area contributed by atoms with Crippen molar-refractivity contribution in [1.82, 2.24) is 9.80 Å². The number of piperidine rings is 1. The van der Waals surface area contributed by atoms with Gasteiger partial charge in [-0.25, -0.2) is 0 Å². The number of thiophene rings is 1. The summed E-state index contributed by atoms with van der Waals surface area (Å²) in [4.78, 5) is 17.5. The fraction of sp³-hybridized carbons (Fsp3) is 0.643. The number of amides is 1. The molecule has 1 saturated heterocycles. The van der Waals surface area contributed by atoms with Crippen LogP contribution in [0.2, 0.25) is 4.34 Å². The van der Waals surface area contributed by atoms with Gasteiger partial charge in [-0.15, -0.1) is 11.3 Å². The van der Waals surface area contributed by atoms with Crippen LogP contribution < -0.4 is 0 Å². The monoisotopic (exact) mass is 300 g/mol. The molecule has 0 bridgehead atoms. The van der Waals surface area contributed by atoms with Crippen LogP contribution in [0.1, 0.15) is 35.4 Å². The van der Waals surface area contributed by atoms with E-state index in [-0.39, 0.29) is 5.91 Å². The lowest BCUT2D eigenvalue weighted by atomic mass is 9.99. The van der Waals surface area contributed by atoms with Gasteiger partial charge < -0.3 is 9.80 Å². The lowest BCUT2D eigenvalue weighted by molar-refractivity contribution is 0.0596. The van der Waals surface area contributed by atoms with Crippen molar-refractivity contribution in [1.29, 1.82) is 0 Å². The number of likely N-dealkylation sites (tertiary alicyclic amines) is 1. The molecule has 0 N–H and O–H groups in total. The summed E-state index contributed by atoms with van der Waals surface area (Å²) >= 11 is 7.30. The van der Waals surface area contributed by atoms with E-state index in [0.29, 0.717) is 10.4 Å². The maximum absolute atomic E-state index is 12.5. The van der Waals surface area contributed by atoms with E-state index in [1.807, 2.05) is 6.07 Å². The Balaban J connectivity index is 2.04. The fourth-order valence-corrected chi connectivity index (χ4v) is 3.55. The molecule has 5 heteroatoms. The summed E-state index contributed by atoms with van der Waals surface area (Å²) in [5.74, 6) is 0.153. The van der Waals surface area contributed by atoms with Crippen molar-refractivity contribution in [2.75, 3.05) is 27.2 Å². The third kappa shape index (κ3) is 3.94. The minimum Gasteiger partial charge on any atom is -0.335 e. The zero-order chi connectivity index (χ0) is 13.8. The minimum absolute atomic E-state index is 0.153. The van der Waals surface area contributed by atoms with Crippen LogP contribution >= 0.6 is 22.9 Å². The average Bonchev–Trinajstić information content (AvgIpc) is 2.82. The Morgan fingerprint density at radius 1 is 1.47 bits per heavy atom. The van der Waals surface area contributed by atoms with Crippen molar-refractivity contribution in [3.63, 3.8) is 0 Å². The van der Waals surface area contributed by atoms with Crippen molar-refractivity contribution in [3.05, 3.63) is 21.3 Å². The lowest BCUT2D eigenvalue weighted by Crippen LogP contribution is -2.44. The van der Waals surface area contributed by atoms with E-state index < -0.39 is 0 Å². The molecule has 1 aliphatic heterocycles. The maximum atomic E-state index is 12.5. The standard InChI is InChI=1S/C14H21ClN2OS/c1-16(2)10-8-11-5-3-4-9-17(11)14(18)12-6-7-13(15)19-12/h6-7,11H,3-5,8-10H2,1-2H3/t11-/m0/s1. The molecule has 1 atom stereocenters. The summed E-state index contributed by atoms with van der Waals surface area (Å²) in [6, 6.07) is 4.02. The Morgan fingerprint density at radius 3 is 2.89 bits per heavy atom. The average molecular weight is 301 g/mol. The molecule has 2 rings (SSSR count). The molecule has 0 radical (unpaired) electrons. The Morgan fingerprint density at radius 2 is 2.26 bits per heavy atom. The molecule has 0 aliphatic carbocycles. The number of hydrogen-bond donors (Lipinski definition) is 0. The summed E-state index contributed by atoms with van der Waals surface area (Å²) in [6.45, 7) is 1.91. The molecule has 0 unspecified atom stereocenters. The van der Waals surface area contributed by atoms with Gasteiger partial charge in [-0.3, -0.25) is 4.79 Å². The van der Waals surface area contributed by atoms with Crippen LogP contribution in [0.25, 0.3) is 0 Å². The predicted octanol–water partition coefficient (Wildman–Crippen LogP) is 3.35. The summed E-state index contributed by atoms with van der Waals surface area (Å²) in [6.07, 6.45) is 4.52. The number of rotatable bonds is 4. The van der Waals surface area contributed by atoms with E-state index in [2.05, 4.69) is 23.9 Å². The molecule has 3 nitrogen and oxygen atoms in total. The van der Waals surface area contributed by atoms with Crippen LogP contribution in [-0.2, 0) is 0 Å². The van der Waals surface area contributed by atoms with Gasteiger partial charge >= 0.3 is 0 Å². The first-order chi connectivity index (χ1) is 9.08. The second kappa shape index (κ2) is 6.73.